The van der Waals surface area contributed by atoms with Crippen molar-refractivity contribution in [1.29, 1.82) is 0 Å². The normalized spacial score (nSPS) is 13.2. The summed E-state index contributed by atoms with van der Waals surface area (Å²) in [5.74, 6) is 0. The lowest BCUT2D eigenvalue weighted by molar-refractivity contribution is 0.514. The minimum absolute atomic E-state index is 0.249. The van der Waals surface area contributed by atoms with Crippen LogP contribution in [0.2, 0.25) is 0 Å². The number of aryl methyl sites for hydroxylation is 2. The molecule has 0 radical (unpaired) electrons. The van der Waals surface area contributed by atoms with Crippen molar-refractivity contribution in [1.82, 2.24) is 24.9 Å². The van der Waals surface area contributed by atoms with Gasteiger partial charge in [0, 0.05) is 43.0 Å². The molecule has 0 aliphatic carbocycles. The van der Waals surface area contributed by atoms with Crippen LogP contribution in [0.5, 0.6) is 0 Å². The quantitative estimate of drug-likeness (QED) is 0.911. The van der Waals surface area contributed by atoms with E-state index >= 15 is 0 Å². The molecule has 20 heavy (non-hydrogen) atoms. The fourth-order valence-corrected chi connectivity index (χ4v) is 2.63. The summed E-state index contributed by atoms with van der Waals surface area (Å²) < 4.78 is 3.95. The molecule has 1 N–H and O–H groups in total. The second-order valence-electron chi connectivity index (χ2n) is 5.63. The van der Waals surface area contributed by atoms with Crippen molar-refractivity contribution in [2.75, 3.05) is 7.05 Å². The number of aromatic nitrogens is 4. The van der Waals surface area contributed by atoms with Gasteiger partial charge in [-0.15, -0.1) is 0 Å². The first kappa shape index (κ1) is 14.8. The van der Waals surface area contributed by atoms with Gasteiger partial charge in [0.05, 0.1) is 11.4 Å². The monoisotopic (exact) mass is 275 g/mol. The second-order valence-corrected chi connectivity index (χ2v) is 5.63. The molecule has 0 aliphatic heterocycles. The largest absolute Gasteiger partial charge is 0.313 e. The molecule has 2 heterocycles. The molecule has 2 rings (SSSR count). The molecule has 5 nitrogen and oxygen atoms in total. The summed E-state index contributed by atoms with van der Waals surface area (Å²) in [6, 6.07) is 2.75. The fraction of sp³-hybridized carbons (Fsp3) is 0.600. The van der Waals surface area contributed by atoms with Gasteiger partial charge in [-0.2, -0.15) is 10.2 Å². The lowest BCUT2D eigenvalue weighted by Gasteiger charge is -2.16. The Bertz CT molecular complexity index is 579. The molecular weight excluding hydrogens is 250 g/mol. The minimum atomic E-state index is 0.249. The Labute approximate surface area is 121 Å². The summed E-state index contributed by atoms with van der Waals surface area (Å²) >= 11 is 0. The Morgan fingerprint density at radius 2 is 1.95 bits per heavy atom. The van der Waals surface area contributed by atoms with Crippen LogP contribution in [0, 0.1) is 13.8 Å². The first-order chi connectivity index (χ1) is 9.43. The predicted molar refractivity (Wildman–Crippen MR) is 80.8 cm³/mol. The molecule has 110 valence electrons. The first-order valence-electron chi connectivity index (χ1n) is 7.15. The van der Waals surface area contributed by atoms with Crippen molar-refractivity contribution in [2.24, 2.45) is 7.05 Å². The van der Waals surface area contributed by atoms with Crippen molar-refractivity contribution in [3.8, 4) is 0 Å². The van der Waals surface area contributed by atoms with E-state index in [1.165, 1.54) is 11.3 Å². The SMILES string of the molecule is CNC(Cc1ccn(C(C)C)n1)c1c(C)nn(C)c1C. The summed E-state index contributed by atoms with van der Waals surface area (Å²) in [6.07, 6.45) is 2.93. The van der Waals surface area contributed by atoms with Gasteiger partial charge in [-0.3, -0.25) is 9.36 Å². The van der Waals surface area contributed by atoms with Crippen molar-refractivity contribution in [3.63, 3.8) is 0 Å². The van der Waals surface area contributed by atoms with Gasteiger partial charge in [0.15, 0.2) is 0 Å². The average Bonchev–Trinajstić information content (AvgIpc) is 2.94. The molecule has 0 amide bonds. The van der Waals surface area contributed by atoms with Crippen LogP contribution in [0.4, 0.5) is 0 Å². The highest BCUT2D eigenvalue weighted by Gasteiger charge is 2.20. The van der Waals surface area contributed by atoms with Crippen molar-refractivity contribution < 1.29 is 0 Å². The highest BCUT2D eigenvalue weighted by atomic mass is 15.3. The molecule has 0 spiro atoms. The smallest absolute Gasteiger partial charge is 0.0644 e. The van der Waals surface area contributed by atoms with Gasteiger partial charge >= 0.3 is 0 Å². The van der Waals surface area contributed by atoms with E-state index in [2.05, 4.69) is 55.5 Å². The van der Waals surface area contributed by atoms with Gasteiger partial charge in [0.25, 0.3) is 0 Å². The van der Waals surface area contributed by atoms with E-state index in [-0.39, 0.29) is 6.04 Å². The highest BCUT2D eigenvalue weighted by molar-refractivity contribution is 5.29. The fourth-order valence-electron chi connectivity index (χ4n) is 2.63. The van der Waals surface area contributed by atoms with Crippen LogP contribution >= 0.6 is 0 Å². The van der Waals surface area contributed by atoms with Crippen LogP contribution in [0.3, 0.4) is 0 Å². The van der Waals surface area contributed by atoms with E-state index in [4.69, 9.17) is 0 Å². The van der Waals surface area contributed by atoms with Crippen molar-refractivity contribution in [2.45, 2.75) is 46.2 Å². The van der Waals surface area contributed by atoms with E-state index < -0.39 is 0 Å². The van der Waals surface area contributed by atoms with Gasteiger partial charge in [0.1, 0.15) is 0 Å². The molecule has 5 heteroatoms. The van der Waals surface area contributed by atoms with Crippen LogP contribution in [0.15, 0.2) is 12.3 Å². The average molecular weight is 275 g/mol. The predicted octanol–water partition coefficient (Wildman–Crippen LogP) is 2.32. The Morgan fingerprint density at radius 3 is 2.40 bits per heavy atom. The minimum Gasteiger partial charge on any atom is -0.313 e. The lowest BCUT2D eigenvalue weighted by Crippen LogP contribution is -2.20. The van der Waals surface area contributed by atoms with E-state index in [0.717, 1.165) is 17.8 Å². The van der Waals surface area contributed by atoms with Crippen LogP contribution in [-0.2, 0) is 13.5 Å². The zero-order chi connectivity index (χ0) is 14.9. The van der Waals surface area contributed by atoms with Gasteiger partial charge in [-0.05, 0) is 40.8 Å². The molecule has 1 unspecified atom stereocenters. The third-order valence-corrected chi connectivity index (χ3v) is 3.87. The number of nitrogens with zero attached hydrogens (tertiary/aromatic N) is 4. The van der Waals surface area contributed by atoms with Crippen LogP contribution < -0.4 is 5.32 Å². The van der Waals surface area contributed by atoms with E-state index in [1.54, 1.807) is 0 Å². The van der Waals surface area contributed by atoms with Gasteiger partial charge < -0.3 is 5.32 Å². The molecule has 0 bridgehead atoms. The van der Waals surface area contributed by atoms with E-state index in [1.807, 2.05) is 23.5 Å². The number of hydrogen-bond acceptors (Lipinski definition) is 3. The molecule has 0 aliphatic rings. The van der Waals surface area contributed by atoms with Crippen molar-refractivity contribution >= 4 is 0 Å². The van der Waals surface area contributed by atoms with Gasteiger partial charge in [-0.1, -0.05) is 0 Å². The topological polar surface area (TPSA) is 47.7 Å². The Balaban J connectivity index is 2.24. The molecule has 0 fully saturated rings. The first-order valence-corrected chi connectivity index (χ1v) is 7.15. The summed E-state index contributed by atoms with van der Waals surface area (Å²) in [4.78, 5) is 0. The van der Waals surface area contributed by atoms with Crippen LogP contribution in [-0.4, -0.2) is 26.6 Å². The summed E-state index contributed by atoms with van der Waals surface area (Å²) in [5, 5.41) is 12.5. The van der Waals surface area contributed by atoms with Gasteiger partial charge in [0.2, 0.25) is 0 Å². The maximum Gasteiger partial charge on any atom is 0.0644 e. The van der Waals surface area contributed by atoms with Gasteiger partial charge in [-0.25, -0.2) is 0 Å². The van der Waals surface area contributed by atoms with E-state index in [9.17, 15) is 0 Å². The third kappa shape index (κ3) is 2.77. The second kappa shape index (κ2) is 5.79. The zero-order valence-corrected chi connectivity index (χ0v) is 13.3. The lowest BCUT2D eigenvalue weighted by atomic mass is 10.0. The Hall–Kier alpha value is -1.62. The standard InChI is InChI=1S/C15H25N5/c1-10(2)20-8-7-13(18-20)9-14(16-5)15-11(3)17-19(6)12(15)4/h7-8,10,14,16H,9H2,1-6H3. The van der Waals surface area contributed by atoms with Crippen LogP contribution in [0.1, 0.15) is 48.6 Å². The molecule has 2 aromatic heterocycles. The highest BCUT2D eigenvalue weighted by Crippen LogP contribution is 2.24. The Morgan fingerprint density at radius 1 is 1.25 bits per heavy atom. The summed E-state index contributed by atoms with van der Waals surface area (Å²) in [5.41, 5.74) is 4.70. The van der Waals surface area contributed by atoms with E-state index in [0.29, 0.717) is 6.04 Å². The molecule has 1 atom stereocenters. The molecule has 0 saturated heterocycles. The zero-order valence-electron chi connectivity index (χ0n) is 13.3. The maximum atomic E-state index is 4.64. The molecular formula is C15H25N5. The molecule has 2 aromatic rings. The number of nitrogens with one attached hydrogen (secondary N) is 1. The number of hydrogen-bond donors (Lipinski definition) is 1. The Kier molecular flexibility index (Phi) is 4.28. The van der Waals surface area contributed by atoms with Crippen molar-refractivity contribution in [3.05, 3.63) is 34.9 Å². The molecule has 0 aromatic carbocycles. The summed E-state index contributed by atoms with van der Waals surface area (Å²) in [6.45, 7) is 8.47. The van der Waals surface area contributed by atoms with Crippen LogP contribution in [0.25, 0.3) is 0 Å². The third-order valence-electron chi connectivity index (χ3n) is 3.87. The summed E-state index contributed by atoms with van der Waals surface area (Å²) in [7, 11) is 3.99. The molecule has 0 saturated carbocycles. The number of likely N-dealkylation sites (N-methyl/N-ethyl adjacent to an activating group) is 1. The maximum absolute atomic E-state index is 4.64. The number of rotatable bonds is 5.